The number of ether oxygens (including phenoxy) is 1. The van der Waals surface area contributed by atoms with Crippen LogP contribution in [-0.2, 0) is 10.0 Å². The maximum Gasteiger partial charge on any atom is 0.343 e. The van der Waals surface area contributed by atoms with Crippen LogP contribution in [0, 0.1) is 0 Å². The highest BCUT2D eigenvalue weighted by Crippen LogP contribution is 2.28. The van der Waals surface area contributed by atoms with Crippen molar-refractivity contribution in [1.29, 1.82) is 0 Å². The number of hydrogen-bond donors (Lipinski definition) is 1. The zero-order valence-electron chi connectivity index (χ0n) is 18.9. The van der Waals surface area contributed by atoms with Gasteiger partial charge in [0, 0.05) is 31.9 Å². The predicted molar refractivity (Wildman–Crippen MR) is 128 cm³/mol. The number of nitrogens with one attached hydrogen (secondary N) is 1. The number of sulfonamides is 1. The molecule has 0 spiro atoms. The van der Waals surface area contributed by atoms with Gasteiger partial charge in [-0.25, -0.2) is 18.0 Å². The molecule has 1 aliphatic heterocycles. The number of amides is 2. The van der Waals surface area contributed by atoms with E-state index in [2.05, 4.69) is 5.32 Å². The Morgan fingerprint density at radius 1 is 1.06 bits per heavy atom. The van der Waals surface area contributed by atoms with Gasteiger partial charge in [0.15, 0.2) is 0 Å². The number of urea groups is 1. The number of halogens is 1. The van der Waals surface area contributed by atoms with E-state index in [9.17, 15) is 18.0 Å². The van der Waals surface area contributed by atoms with Crippen molar-refractivity contribution >= 4 is 39.3 Å². The summed E-state index contributed by atoms with van der Waals surface area (Å²) in [5, 5.41) is 2.85. The fraction of sp³-hybridized carbons (Fsp3) is 0.391. The normalized spacial score (nSPS) is 14.7. The van der Waals surface area contributed by atoms with Gasteiger partial charge in [-0.15, -0.1) is 0 Å². The summed E-state index contributed by atoms with van der Waals surface area (Å²) in [7, 11) is -2.17. The lowest BCUT2D eigenvalue weighted by Gasteiger charge is -2.26. The molecule has 1 saturated heterocycles. The Bertz CT molecular complexity index is 1110. The third kappa shape index (κ3) is 6.04. The Morgan fingerprint density at radius 2 is 1.70 bits per heavy atom. The topological polar surface area (TPSA) is 96.0 Å². The van der Waals surface area contributed by atoms with Crippen LogP contribution >= 0.6 is 11.6 Å². The summed E-state index contributed by atoms with van der Waals surface area (Å²) in [4.78, 5) is 26.1. The summed E-state index contributed by atoms with van der Waals surface area (Å²) in [5.41, 5.74) is 0.696. The Hall–Kier alpha value is -2.62. The second kappa shape index (κ2) is 10.5. The molecule has 2 aromatic carbocycles. The number of piperidine rings is 1. The molecule has 1 aliphatic rings. The smallest absolute Gasteiger partial charge is 0.343 e. The monoisotopic (exact) mass is 493 g/mol. The SMILES string of the molecule is CC(C)NC(=O)N(C)c1ccc(OC(=O)c2ccc(Cl)c(S(=O)(=O)N3CCCCC3)c2)cc1. The molecule has 33 heavy (non-hydrogen) atoms. The van der Waals surface area contributed by atoms with Gasteiger partial charge in [-0.3, -0.25) is 4.90 Å². The Morgan fingerprint density at radius 3 is 2.30 bits per heavy atom. The van der Waals surface area contributed by atoms with Crippen molar-refractivity contribution in [1.82, 2.24) is 9.62 Å². The van der Waals surface area contributed by atoms with Crippen molar-refractivity contribution in [3.8, 4) is 5.75 Å². The van der Waals surface area contributed by atoms with Gasteiger partial charge in [0.25, 0.3) is 0 Å². The summed E-state index contributed by atoms with van der Waals surface area (Å²) in [6.45, 7) is 4.61. The molecule has 1 heterocycles. The molecular formula is C23H28ClN3O5S. The highest BCUT2D eigenvalue weighted by molar-refractivity contribution is 7.89. The molecule has 2 aromatic rings. The van der Waals surface area contributed by atoms with E-state index in [0.29, 0.717) is 18.8 Å². The molecule has 0 unspecified atom stereocenters. The quantitative estimate of drug-likeness (QED) is 0.478. The van der Waals surface area contributed by atoms with Crippen LogP contribution in [-0.4, -0.2) is 50.9 Å². The molecule has 2 amide bonds. The van der Waals surface area contributed by atoms with Gasteiger partial charge in [0.05, 0.1) is 10.6 Å². The first-order chi connectivity index (χ1) is 15.6. The zero-order chi connectivity index (χ0) is 24.2. The van der Waals surface area contributed by atoms with Crippen LogP contribution in [0.5, 0.6) is 5.75 Å². The number of rotatable bonds is 6. The average molecular weight is 494 g/mol. The molecule has 1 fully saturated rings. The number of benzene rings is 2. The van der Waals surface area contributed by atoms with Crippen molar-refractivity contribution in [2.45, 2.75) is 44.0 Å². The molecule has 0 saturated carbocycles. The van der Waals surface area contributed by atoms with Crippen LogP contribution in [0.1, 0.15) is 43.5 Å². The molecule has 178 valence electrons. The molecular weight excluding hydrogens is 466 g/mol. The third-order valence-corrected chi connectivity index (χ3v) is 7.63. The fourth-order valence-electron chi connectivity index (χ4n) is 3.44. The molecule has 0 radical (unpaired) electrons. The molecule has 1 N–H and O–H groups in total. The zero-order valence-corrected chi connectivity index (χ0v) is 20.4. The van der Waals surface area contributed by atoms with Gasteiger partial charge in [-0.1, -0.05) is 18.0 Å². The summed E-state index contributed by atoms with van der Waals surface area (Å²) in [6, 6.07) is 10.3. The minimum Gasteiger partial charge on any atom is -0.423 e. The van der Waals surface area contributed by atoms with Crippen LogP contribution in [0.15, 0.2) is 47.4 Å². The molecule has 0 aromatic heterocycles. The van der Waals surface area contributed by atoms with Crippen LogP contribution in [0.2, 0.25) is 5.02 Å². The predicted octanol–water partition coefficient (Wildman–Crippen LogP) is 4.29. The molecule has 0 atom stereocenters. The van der Waals surface area contributed by atoms with Gasteiger partial charge < -0.3 is 10.1 Å². The van der Waals surface area contributed by atoms with Gasteiger partial charge in [-0.05, 0) is 69.2 Å². The van der Waals surface area contributed by atoms with Gasteiger partial charge in [0.1, 0.15) is 10.6 Å². The van der Waals surface area contributed by atoms with Gasteiger partial charge in [-0.2, -0.15) is 4.31 Å². The summed E-state index contributed by atoms with van der Waals surface area (Å²) in [6.07, 6.45) is 2.58. The van der Waals surface area contributed by atoms with E-state index >= 15 is 0 Å². The maximum atomic E-state index is 13.0. The maximum absolute atomic E-state index is 13.0. The molecule has 0 aliphatic carbocycles. The highest BCUT2D eigenvalue weighted by Gasteiger charge is 2.29. The third-order valence-electron chi connectivity index (χ3n) is 5.25. The van der Waals surface area contributed by atoms with Crippen LogP contribution in [0.25, 0.3) is 0 Å². The number of carbonyl (C=O) groups excluding carboxylic acids is 2. The Balaban J connectivity index is 1.74. The summed E-state index contributed by atoms with van der Waals surface area (Å²) >= 11 is 6.17. The van der Waals surface area contributed by atoms with Crippen LogP contribution < -0.4 is 15.0 Å². The summed E-state index contributed by atoms with van der Waals surface area (Å²) < 4.78 is 32.8. The Labute approximate surface area is 199 Å². The largest absolute Gasteiger partial charge is 0.423 e. The van der Waals surface area contributed by atoms with E-state index in [1.54, 1.807) is 31.3 Å². The van der Waals surface area contributed by atoms with Crippen molar-refractivity contribution in [3.05, 3.63) is 53.1 Å². The minimum atomic E-state index is -3.80. The second-order valence-electron chi connectivity index (χ2n) is 8.16. The molecule has 3 rings (SSSR count). The average Bonchev–Trinajstić information content (AvgIpc) is 2.79. The van der Waals surface area contributed by atoms with Crippen molar-refractivity contribution < 1.29 is 22.7 Å². The van der Waals surface area contributed by atoms with E-state index < -0.39 is 16.0 Å². The molecule has 10 heteroatoms. The highest BCUT2D eigenvalue weighted by atomic mass is 35.5. The lowest BCUT2D eigenvalue weighted by atomic mass is 10.2. The van der Waals surface area contributed by atoms with E-state index in [0.717, 1.165) is 19.3 Å². The number of esters is 1. The van der Waals surface area contributed by atoms with Gasteiger partial charge >= 0.3 is 12.0 Å². The number of carbonyl (C=O) groups is 2. The van der Waals surface area contributed by atoms with Gasteiger partial charge in [0.2, 0.25) is 10.0 Å². The molecule has 8 nitrogen and oxygen atoms in total. The van der Waals surface area contributed by atoms with Crippen molar-refractivity contribution in [3.63, 3.8) is 0 Å². The first-order valence-electron chi connectivity index (χ1n) is 10.8. The number of nitrogens with zero attached hydrogens (tertiary/aromatic N) is 2. The van der Waals surface area contributed by atoms with Crippen LogP contribution in [0.3, 0.4) is 0 Å². The van der Waals surface area contributed by atoms with E-state index in [1.165, 1.54) is 27.4 Å². The van der Waals surface area contributed by atoms with E-state index in [4.69, 9.17) is 16.3 Å². The first-order valence-corrected chi connectivity index (χ1v) is 12.6. The van der Waals surface area contributed by atoms with Crippen molar-refractivity contribution in [2.24, 2.45) is 0 Å². The standard InChI is InChI=1S/C23H28ClN3O5S/c1-16(2)25-23(29)26(3)18-8-10-19(11-9-18)32-22(28)17-7-12-20(24)21(15-17)33(30,31)27-13-5-4-6-14-27/h7-12,15-16H,4-6,13-14H2,1-3H3,(H,25,29). The lowest BCUT2D eigenvalue weighted by Crippen LogP contribution is -2.40. The molecule has 0 bridgehead atoms. The minimum absolute atomic E-state index is 0.00294. The second-order valence-corrected chi connectivity index (χ2v) is 10.5. The fourth-order valence-corrected chi connectivity index (χ4v) is 5.45. The lowest BCUT2D eigenvalue weighted by molar-refractivity contribution is 0.0734. The first kappa shape index (κ1) is 25.0. The van der Waals surface area contributed by atoms with Crippen LogP contribution in [0.4, 0.5) is 10.5 Å². The van der Waals surface area contributed by atoms with Crippen molar-refractivity contribution in [2.75, 3.05) is 25.0 Å². The number of hydrogen-bond acceptors (Lipinski definition) is 5. The Kier molecular flexibility index (Phi) is 7.99. The number of anilines is 1. The van der Waals surface area contributed by atoms with E-state index in [1.807, 2.05) is 13.8 Å². The summed E-state index contributed by atoms with van der Waals surface area (Å²) in [5.74, 6) is -0.447. The van der Waals surface area contributed by atoms with E-state index in [-0.39, 0.29) is 33.3 Å².